The van der Waals surface area contributed by atoms with Gasteiger partial charge >= 0.3 is 6.18 Å². The molecule has 1 N–H and O–H groups in total. The van der Waals surface area contributed by atoms with Gasteiger partial charge in [0.1, 0.15) is 5.69 Å². The second-order valence-electron chi connectivity index (χ2n) is 5.54. The quantitative estimate of drug-likeness (QED) is 0.703. The molecule has 136 valence electrons. The summed E-state index contributed by atoms with van der Waals surface area (Å²) in [6, 6.07) is 3.60. The van der Waals surface area contributed by atoms with E-state index in [-0.39, 0.29) is 11.6 Å². The van der Waals surface area contributed by atoms with E-state index in [4.69, 9.17) is 4.74 Å². The number of halogens is 3. The van der Waals surface area contributed by atoms with Crippen molar-refractivity contribution >= 4 is 6.29 Å². The topological polar surface area (TPSA) is 85.7 Å². The third-order valence-corrected chi connectivity index (χ3v) is 3.79. The molecule has 3 aromatic rings. The Balaban J connectivity index is 1.98. The number of aryl methyl sites for hydroxylation is 2. The molecule has 3 rings (SSSR count). The molecular formula is C16H14F3N5O2. The number of hydrogen-bond donors (Lipinski definition) is 1. The number of alkyl halides is 3. The molecular weight excluding hydrogens is 351 g/mol. The molecule has 26 heavy (non-hydrogen) atoms. The summed E-state index contributed by atoms with van der Waals surface area (Å²) >= 11 is 0. The van der Waals surface area contributed by atoms with Crippen molar-refractivity contribution in [2.45, 2.75) is 19.2 Å². The first kappa shape index (κ1) is 17.6. The fourth-order valence-corrected chi connectivity index (χ4v) is 2.39. The molecule has 7 nitrogen and oxygen atoms in total. The first-order valence-corrected chi connectivity index (χ1v) is 7.49. The van der Waals surface area contributed by atoms with E-state index in [2.05, 4.69) is 20.3 Å². The smallest absolute Gasteiger partial charge is 0.417 e. The van der Waals surface area contributed by atoms with Crippen LogP contribution in [0.5, 0.6) is 5.88 Å². The Bertz CT molecular complexity index is 915. The number of ether oxygens (including phenoxy) is 1. The zero-order chi connectivity index (χ0) is 18.9. The van der Waals surface area contributed by atoms with Gasteiger partial charge < -0.3 is 4.74 Å². The van der Waals surface area contributed by atoms with Crippen molar-refractivity contribution in [3.05, 3.63) is 58.8 Å². The minimum absolute atomic E-state index is 0.141. The third kappa shape index (κ3) is 3.44. The molecule has 0 fully saturated rings. The second kappa shape index (κ2) is 6.62. The summed E-state index contributed by atoms with van der Waals surface area (Å²) in [6.45, 7) is 1.72. The fraction of sp³-hybridized carbons (Fsp3) is 0.250. The van der Waals surface area contributed by atoms with Crippen molar-refractivity contribution < 1.29 is 22.7 Å². The van der Waals surface area contributed by atoms with Crippen LogP contribution >= 0.6 is 0 Å². The molecule has 0 aliphatic heterocycles. The highest BCUT2D eigenvalue weighted by Crippen LogP contribution is 2.32. The third-order valence-electron chi connectivity index (χ3n) is 3.79. The van der Waals surface area contributed by atoms with Crippen LogP contribution in [-0.2, 0) is 13.2 Å². The van der Waals surface area contributed by atoms with Crippen LogP contribution in [0.2, 0.25) is 0 Å². The monoisotopic (exact) mass is 365 g/mol. The zero-order valence-corrected chi connectivity index (χ0v) is 13.8. The highest BCUT2D eigenvalue weighted by atomic mass is 19.4. The van der Waals surface area contributed by atoms with Gasteiger partial charge in [0.05, 0.1) is 17.0 Å². The normalized spacial score (nSPS) is 12.8. The predicted molar refractivity (Wildman–Crippen MR) is 83.6 cm³/mol. The number of aldehydes is 1. The molecule has 0 amide bonds. The van der Waals surface area contributed by atoms with Gasteiger partial charge in [-0.25, -0.2) is 0 Å². The Hall–Kier alpha value is -3.17. The SMILES string of the molecule is Cc1n[nH]cc1C(Oc1cc(C=O)n(C)n1)c1ccc(C(F)(F)F)cn1. The highest BCUT2D eigenvalue weighted by molar-refractivity contribution is 5.72. The summed E-state index contributed by atoms with van der Waals surface area (Å²) in [7, 11) is 1.57. The van der Waals surface area contributed by atoms with Gasteiger partial charge in [-0.15, -0.1) is 5.10 Å². The summed E-state index contributed by atoms with van der Waals surface area (Å²) < 4.78 is 45.4. The van der Waals surface area contributed by atoms with Crippen LogP contribution in [0, 0.1) is 6.92 Å². The maximum absolute atomic E-state index is 12.8. The van der Waals surface area contributed by atoms with Crippen molar-refractivity contribution in [1.82, 2.24) is 25.0 Å². The summed E-state index contributed by atoms with van der Waals surface area (Å²) in [4.78, 5) is 14.9. The van der Waals surface area contributed by atoms with Crippen molar-refractivity contribution in [3.8, 4) is 5.88 Å². The predicted octanol–water partition coefficient (Wildman–Crippen LogP) is 2.85. The molecule has 0 aliphatic carbocycles. The molecule has 0 spiro atoms. The minimum atomic E-state index is -4.48. The van der Waals surface area contributed by atoms with Crippen LogP contribution < -0.4 is 4.74 Å². The first-order valence-electron chi connectivity index (χ1n) is 7.49. The zero-order valence-electron chi connectivity index (χ0n) is 13.8. The summed E-state index contributed by atoms with van der Waals surface area (Å²) in [5.41, 5.74) is 0.882. The second-order valence-corrected chi connectivity index (χ2v) is 5.54. The van der Waals surface area contributed by atoms with E-state index >= 15 is 0 Å². The molecule has 0 radical (unpaired) electrons. The molecule has 0 aliphatic rings. The molecule has 1 unspecified atom stereocenters. The maximum Gasteiger partial charge on any atom is 0.417 e. The molecule has 0 bridgehead atoms. The number of aromatic nitrogens is 5. The Morgan fingerprint density at radius 3 is 2.62 bits per heavy atom. The number of hydrogen-bond acceptors (Lipinski definition) is 5. The van der Waals surface area contributed by atoms with Crippen LogP contribution in [0.1, 0.15) is 39.1 Å². The van der Waals surface area contributed by atoms with Crippen LogP contribution in [0.3, 0.4) is 0 Å². The summed E-state index contributed by atoms with van der Waals surface area (Å²) in [6.07, 6.45) is -2.38. The van der Waals surface area contributed by atoms with Crippen LogP contribution in [0.4, 0.5) is 13.2 Å². The molecule has 10 heteroatoms. The summed E-state index contributed by atoms with van der Waals surface area (Å²) in [5, 5.41) is 10.8. The fourth-order valence-electron chi connectivity index (χ4n) is 2.39. The molecule has 3 aromatic heterocycles. The van der Waals surface area contributed by atoms with Gasteiger partial charge in [-0.3, -0.25) is 19.6 Å². The van der Waals surface area contributed by atoms with Gasteiger partial charge in [0, 0.05) is 31.1 Å². The van der Waals surface area contributed by atoms with E-state index in [0.717, 1.165) is 12.3 Å². The average Bonchev–Trinajstić information content (AvgIpc) is 3.17. The Morgan fingerprint density at radius 1 is 1.35 bits per heavy atom. The maximum atomic E-state index is 12.8. The standard InChI is InChI=1S/C16H14F3N5O2/c1-9-12(7-21-22-9)15(26-14-5-11(8-25)24(2)23-14)13-4-3-10(6-20-13)16(17,18)19/h3-8,15H,1-2H3,(H,21,22). The van der Waals surface area contributed by atoms with Gasteiger partial charge in [-0.05, 0) is 19.1 Å². The van der Waals surface area contributed by atoms with Crippen LogP contribution in [0.25, 0.3) is 0 Å². The number of carbonyl (C=O) groups excluding carboxylic acids is 1. The number of H-pyrrole nitrogens is 1. The summed E-state index contributed by atoms with van der Waals surface area (Å²) in [5.74, 6) is 0.141. The molecule has 0 saturated carbocycles. The van der Waals surface area contributed by atoms with E-state index in [0.29, 0.717) is 23.2 Å². The largest absolute Gasteiger partial charge is 0.462 e. The lowest BCUT2D eigenvalue weighted by Crippen LogP contribution is -2.14. The highest BCUT2D eigenvalue weighted by Gasteiger charge is 2.31. The first-order chi connectivity index (χ1) is 12.3. The lowest BCUT2D eigenvalue weighted by Gasteiger charge is -2.17. The molecule has 1 atom stereocenters. The van der Waals surface area contributed by atoms with E-state index in [1.54, 1.807) is 20.2 Å². The Morgan fingerprint density at radius 2 is 2.12 bits per heavy atom. The number of nitrogens with zero attached hydrogens (tertiary/aromatic N) is 4. The Kier molecular flexibility index (Phi) is 4.49. The number of aromatic amines is 1. The van der Waals surface area contributed by atoms with Gasteiger partial charge in [0.25, 0.3) is 0 Å². The van der Waals surface area contributed by atoms with Crippen LogP contribution in [0.15, 0.2) is 30.6 Å². The van der Waals surface area contributed by atoms with E-state index < -0.39 is 17.8 Å². The lowest BCUT2D eigenvalue weighted by molar-refractivity contribution is -0.137. The van der Waals surface area contributed by atoms with Gasteiger partial charge in [0.15, 0.2) is 12.4 Å². The number of nitrogens with one attached hydrogen (secondary N) is 1. The Labute approximate surface area is 145 Å². The van der Waals surface area contributed by atoms with Crippen LogP contribution in [-0.4, -0.2) is 31.2 Å². The average molecular weight is 365 g/mol. The van der Waals surface area contributed by atoms with E-state index in [1.807, 2.05) is 0 Å². The van der Waals surface area contributed by atoms with Crippen molar-refractivity contribution in [1.29, 1.82) is 0 Å². The van der Waals surface area contributed by atoms with Gasteiger partial charge in [0.2, 0.25) is 5.88 Å². The van der Waals surface area contributed by atoms with Crippen molar-refractivity contribution in [2.24, 2.45) is 7.05 Å². The van der Waals surface area contributed by atoms with E-state index in [9.17, 15) is 18.0 Å². The lowest BCUT2D eigenvalue weighted by atomic mass is 10.1. The number of rotatable bonds is 5. The number of carbonyl (C=O) groups is 1. The minimum Gasteiger partial charge on any atom is -0.462 e. The van der Waals surface area contributed by atoms with Gasteiger partial charge in [-0.1, -0.05) is 0 Å². The molecule has 0 aromatic carbocycles. The van der Waals surface area contributed by atoms with Crippen molar-refractivity contribution in [3.63, 3.8) is 0 Å². The number of pyridine rings is 1. The molecule has 0 saturated heterocycles. The van der Waals surface area contributed by atoms with Crippen molar-refractivity contribution in [2.75, 3.05) is 0 Å². The van der Waals surface area contributed by atoms with Gasteiger partial charge in [-0.2, -0.15) is 18.3 Å². The van der Waals surface area contributed by atoms with E-state index in [1.165, 1.54) is 16.8 Å². The molecule has 3 heterocycles.